The molecule has 0 fully saturated rings. The van der Waals surface area contributed by atoms with Crippen molar-refractivity contribution in [1.82, 2.24) is 37.6 Å². The molecule has 0 bridgehead atoms. The molecule has 64 heavy (non-hydrogen) atoms. The van der Waals surface area contributed by atoms with Gasteiger partial charge in [-0.25, -0.2) is 5.73 Å². The van der Waals surface area contributed by atoms with Crippen LogP contribution in [-0.4, -0.2) is 193 Å². The predicted octanol–water partition coefficient (Wildman–Crippen LogP) is -3.02. The van der Waals surface area contributed by atoms with Gasteiger partial charge in [-0.3, -0.25) is 38.9 Å². The van der Waals surface area contributed by atoms with Crippen molar-refractivity contribution in [2.24, 2.45) is 5.73 Å². The SMILES string of the molecule is CSCCC(=O)NCCOCCOCC(=O)NCCOCCOCCOCC(=O)NCCCC[C@H](NCC(=O)C(C)NC(=O)[C@@H]([NH])Cc1ccc(O)cc1)C(=O)CN[C@@H](CO)C(N)=O. The summed E-state index contributed by atoms with van der Waals surface area (Å²) < 4.78 is 26.8. The number of primary amides is 1. The van der Waals surface area contributed by atoms with Gasteiger partial charge < -0.3 is 66.2 Å². The topological polar surface area (TPSA) is 328 Å². The van der Waals surface area contributed by atoms with Crippen LogP contribution in [0.5, 0.6) is 5.75 Å². The third-order valence-corrected chi connectivity index (χ3v) is 9.60. The average molecular weight is 930 g/mol. The largest absolute Gasteiger partial charge is 0.508 e. The molecule has 0 aromatic heterocycles. The van der Waals surface area contributed by atoms with Crippen LogP contribution in [0.15, 0.2) is 24.3 Å². The number of thioether (sulfide) groups is 1. The molecule has 0 aliphatic rings. The summed E-state index contributed by atoms with van der Waals surface area (Å²) in [6.45, 7) is 3.12. The van der Waals surface area contributed by atoms with Gasteiger partial charge >= 0.3 is 0 Å². The molecule has 11 N–H and O–H groups in total. The predicted molar refractivity (Wildman–Crippen MR) is 236 cm³/mol. The normalized spacial score (nSPS) is 13.0. The molecule has 1 unspecified atom stereocenters. The van der Waals surface area contributed by atoms with Gasteiger partial charge in [0.2, 0.25) is 29.5 Å². The van der Waals surface area contributed by atoms with Crippen molar-refractivity contribution in [1.29, 1.82) is 0 Å². The minimum absolute atomic E-state index is 0.0113. The number of ether oxygens (including phenoxy) is 5. The molecule has 363 valence electrons. The third kappa shape index (κ3) is 29.9. The molecule has 0 heterocycles. The number of benzene rings is 1. The lowest BCUT2D eigenvalue weighted by Gasteiger charge is -2.21. The molecule has 1 aromatic carbocycles. The molecule has 1 aromatic rings. The number of aliphatic hydroxyl groups excluding tert-OH is 1. The van der Waals surface area contributed by atoms with Gasteiger partial charge in [0.1, 0.15) is 31.0 Å². The summed E-state index contributed by atoms with van der Waals surface area (Å²) in [5.74, 6) is -2.16. The molecule has 23 heteroatoms. The van der Waals surface area contributed by atoms with Crippen LogP contribution in [0.25, 0.3) is 0 Å². The number of carbonyl (C=O) groups is 7. The van der Waals surface area contributed by atoms with Gasteiger partial charge in [0.15, 0.2) is 11.6 Å². The molecule has 0 saturated carbocycles. The molecule has 0 saturated heterocycles. The highest BCUT2D eigenvalue weighted by Gasteiger charge is 2.25. The number of nitrogens with two attached hydrogens (primary N) is 1. The van der Waals surface area contributed by atoms with E-state index in [1.165, 1.54) is 19.1 Å². The molecule has 0 aliphatic heterocycles. The van der Waals surface area contributed by atoms with E-state index in [1.807, 2.05) is 6.26 Å². The first-order valence-corrected chi connectivity index (χ1v) is 22.6. The number of ketones is 2. The Bertz CT molecular complexity index is 1510. The third-order valence-electron chi connectivity index (χ3n) is 8.99. The van der Waals surface area contributed by atoms with E-state index in [4.69, 9.17) is 35.2 Å². The minimum Gasteiger partial charge on any atom is -0.508 e. The Morgan fingerprint density at radius 3 is 1.78 bits per heavy atom. The Balaban J connectivity index is 2.21. The summed E-state index contributed by atoms with van der Waals surface area (Å²) in [4.78, 5) is 85.6. The van der Waals surface area contributed by atoms with Gasteiger partial charge in [0.05, 0.1) is 84.6 Å². The quantitative estimate of drug-likeness (QED) is 0.0295. The van der Waals surface area contributed by atoms with Gasteiger partial charge in [-0.15, -0.1) is 0 Å². The second-order valence-corrected chi connectivity index (χ2v) is 15.3. The molecule has 1 radical (unpaired) electrons. The lowest BCUT2D eigenvalue weighted by atomic mass is 10.0. The van der Waals surface area contributed by atoms with E-state index in [9.17, 15) is 43.8 Å². The van der Waals surface area contributed by atoms with Gasteiger partial charge in [0.25, 0.3) is 0 Å². The van der Waals surface area contributed by atoms with Crippen LogP contribution in [0, 0.1) is 0 Å². The van der Waals surface area contributed by atoms with E-state index in [-0.39, 0.29) is 102 Å². The van der Waals surface area contributed by atoms with Crippen LogP contribution in [0.2, 0.25) is 0 Å². The fraction of sp³-hybridized carbons (Fsp3) is 0.683. The molecule has 4 atom stereocenters. The smallest absolute Gasteiger partial charge is 0.246 e. The highest BCUT2D eigenvalue weighted by atomic mass is 32.2. The van der Waals surface area contributed by atoms with E-state index in [2.05, 4.69) is 31.9 Å². The molecule has 1 rings (SSSR count). The number of hydrogen-bond acceptors (Lipinski definition) is 17. The van der Waals surface area contributed by atoms with E-state index in [1.54, 1.807) is 23.9 Å². The van der Waals surface area contributed by atoms with Crippen LogP contribution >= 0.6 is 11.8 Å². The standard InChI is InChI=1S/C41H69N8O14S/c1-29(49-41(58)32(42)23-30-6-8-31(51)9-7-30)35(52)24-47-33(36(53)25-48-34(26-50)40(43)57)5-3-4-11-44-38(55)27-63-21-19-61-17-16-59-15-13-46-39(56)28-62-20-18-60-14-12-45-37(54)10-22-64-2/h6-9,29,32-34,42,47-48,50-51H,3-5,10-28H2,1-2H3,(H2,43,57)(H,44,55)(H,45,54)(H,46,56)(H,49,58)/t29?,32-,33-,34-/m0/s1. The number of nitrogens with one attached hydrogen (secondary N) is 7. The maximum atomic E-state index is 13.1. The fourth-order valence-electron chi connectivity index (χ4n) is 5.31. The summed E-state index contributed by atoms with van der Waals surface area (Å²) in [5.41, 5.74) is 14.1. The van der Waals surface area contributed by atoms with Crippen molar-refractivity contribution in [3.8, 4) is 5.75 Å². The number of unbranched alkanes of at least 4 members (excludes halogenated alkanes) is 1. The summed E-state index contributed by atoms with van der Waals surface area (Å²) in [7, 11) is 0. The summed E-state index contributed by atoms with van der Waals surface area (Å²) in [5, 5.41) is 35.0. The number of aliphatic hydroxyl groups is 1. The number of amides is 5. The Hall–Kier alpha value is -4.30. The summed E-state index contributed by atoms with van der Waals surface area (Å²) in [6, 6.07) is 1.93. The first kappa shape index (κ1) is 57.7. The average Bonchev–Trinajstić information content (AvgIpc) is 3.27. The number of phenolic OH excluding ortho intramolecular Hbond substituents is 1. The van der Waals surface area contributed by atoms with E-state index < -0.39 is 54.2 Å². The molecular weight excluding hydrogens is 861 g/mol. The van der Waals surface area contributed by atoms with Crippen molar-refractivity contribution in [3.63, 3.8) is 0 Å². The molecule has 22 nitrogen and oxygen atoms in total. The summed E-state index contributed by atoms with van der Waals surface area (Å²) >= 11 is 1.61. The minimum atomic E-state index is -1.20. The van der Waals surface area contributed by atoms with Crippen LogP contribution in [0.1, 0.15) is 38.2 Å². The zero-order chi connectivity index (χ0) is 47.4. The van der Waals surface area contributed by atoms with E-state index in [0.717, 1.165) is 5.75 Å². The number of hydrogen-bond donors (Lipinski definition) is 9. The van der Waals surface area contributed by atoms with Crippen LogP contribution in [0.3, 0.4) is 0 Å². The van der Waals surface area contributed by atoms with Crippen molar-refractivity contribution in [2.45, 2.75) is 63.2 Å². The number of carbonyl (C=O) groups excluding carboxylic acids is 7. The number of rotatable bonds is 41. The lowest BCUT2D eigenvalue weighted by molar-refractivity contribution is -0.128. The first-order chi connectivity index (χ1) is 30.8. The highest BCUT2D eigenvalue weighted by Crippen LogP contribution is 2.11. The van der Waals surface area contributed by atoms with Crippen LogP contribution in [0.4, 0.5) is 0 Å². The molecule has 5 amide bonds. The van der Waals surface area contributed by atoms with Crippen molar-refractivity contribution in [2.75, 3.05) is 117 Å². The Labute approximate surface area is 379 Å². The maximum Gasteiger partial charge on any atom is 0.246 e. The first-order valence-electron chi connectivity index (χ1n) is 21.2. The van der Waals surface area contributed by atoms with Gasteiger partial charge in [-0.1, -0.05) is 12.1 Å². The Kier molecular flexibility index (Phi) is 33.3. The van der Waals surface area contributed by atoms with Crippen LogP contribution in [-0.2, 0) is 63.7 Å². The molecule has 0 aliphatic carbocycles. The van der Waals surface area contributed by atoms with E-state index >= 15 is 0 Å². The van der Waals surface area contributed by atoms with Gasteiger partial charge in [0, 0.05) is 31.8 Å². The van der Waals surface area contributed by atoms with Crippen molar-refractivity contribution < 1.29 is 67.5 Å². The van der Waals surface area contributed by atoms with Crippen molar-refractivity contribution >= 4 is 52.9 Å². The highest BCUT2D eigenvalue weighted by molar-refractivity contribution is 7.98. The van der Waals surface area contributed by atoms with Gasteiger partial charge in [-0.2, -0.15) is 11.8 Å². The van der Waals surface area contributed by atoms with Crippen LogP contribution < -0.4 is 43.4 Å². The second-order valence-electron chi connectivity index (χ2n) is 14.3. The summed E-state index contributed by atoms with van der Waals surface area (Å²) in [6.07, 6.45) is 3.69. The zero-order valence-corrected chi connectivity index (χ0v) is 37.8. The lowest BCUT2D eigenvalue weighted by Crippen LogP contribution is -2.51. The second kappa shape index (κ2) is 37.0. The van der Waals surface area contributed by atoms with Gasteiger partial charge in [-0.05, 0) is 56.6 Å². The maximum absolute atomic E-state index is 13.1. The monoisotopic (exact) mass is 929 g/mol. The zero-order valence-electron chi connectivity index (χ0n) is 37.0. The number of aromatic hydroxyl groups is 1. The molecule has 0 spiro atoms. The Morgan fingerprint density at radius 2 is 1.22 bits per heavy atom. The fourth-order valence-corrected chi connectivity index (χ4v) is 5.70. The number of Topliss-reactive ketones (excluding diaryl/α,β-unsaturated/α-hetero) is 2. The Morgan fingerprint density at radius 1 is 0.703 bits per heavy atom. The number of phenols is 1. The molecular formula is C41H69N8O14S. The van der Waals surface area contributed by atoms with E-state index in [0.29, 0.717) is 57.7 Å². The van der Waals surface area contributed by atoms with Crippen molar-refractivity contribution in [3.05, 3.63) is 29.8 Å².